The SMILES string of the molecule is Fc1cccc(NCc2ccc(Cl)c(Br)c2)c1F. The molecule has 0 fully saturated rings. The molecule has 1 nitrogen and oxygen atoms in total. The highest BCUT2D eigenvalue weighted by Gasteiger charge is 2.07. The van der Waals surface area contributed by atoms with Gasteiger partial charge in [-0.1, -0.05) is 23.7 Å². The van der Waals surface area contributed by atoms with Crippen LogP contribution in [0.5, 0.6) is 0 Å². The van der Waals surface area contributed by atoms with E-state index in [4.69, 9.17) is 11.6 Å². The number of anilines is 1. The van der Waals surface area contributed by atoms with Crippen LogP contribution in [-0.4, -0.2) is 0 Å². The van der Waals surface area contributed by atoms with Crippen molar-refractivity contribution in [2.45, 2.75) is 6.54 Å². The lowest BCUT2D eigenvalue weighted by molar-refractivity contribution is 0.511. The van der Waals surface area contributed by atoms with Crippen LogP contribution in [0.15, 0.2) is 40.9 Å². The Morgan fingerprint density at radius 1 is 1.17 bits per heavy atom. The standard InChI is InChI=1S/C13H9BrClF2N/c14-9-6-8(4-5-10(9)15)7-18-12-3-1-2-11(16)13(12)17/h1-6,18H,7H2. The molecule has 0 aromatic heterocycles. The van der Waals surface area contributed by atoms with Crippen LogP contribution in [0, 0.1) is 11.6 Å². The molecule has 0 amide bonds. The summed E-state index contributed by atoms with van der Waals surface area (Å²) < 4.78 is 27.1. The summed E-state index contributed by atoms with van der Waals surface area (Å²) >= 11 is 9.17. The van der Waals surface area contributed by atoms with Crippen molar-refractivity contribution in [3.05, 3.63) is 63.1 Å². The van der Waals surface area contributed by atoms with E-state index in [2.05, 4.69) is 21.2 Å². The lowest BCUT2D eigenvalue weighted by Crippen LogP contribution is -2.02. The van der Waals surface area contributed by atoms with Crippen molar-refractivity contribution in [2.75, 3.05) is 5.32 Å². The van der Waals surface area contributed by atoms with Crippen LogP contribution >= 0.6 is 27.5 Å². The molecule has 0 aliphatic carbocycles. The first-order valence-electron chi connectivity index (χ1n) is 5.20. The molecule has 0 radical (unpaired) electrons. The molecule has 2 aromatic carbocycles. The topological polar surface area (TPSA) is 12.0 Å². The highest BCUT2D eigenvalue weighted by Crippen LogP contribution is 2.24. The zero-order valence-corrected chi connectivity index (χ0v) is 11.5. The molecule has 1 N–H and O–H groups in total. The normalized spacial score (nSPS) is 10.4. The predicted octanol–water partition coefficient (Wildman–Crippen LogP) is 4.99. The van der Waals surface area contributed by atoms with Crippen LogP contribution in [0.3, 0.4) is 0 Å². The second kappa shape index (κ2) is 5.67. The third-order valence-electron chi connectivity index (χ3n) is 2.42. The van der Waals surface area contributed by atoms with Crippen molar-refractivity contribution in [2.24, 2.45) is 0 Å². The van der Waals surface area contributed by atoms with Gasteiger partial charge >= 0.3 is 0 Å². The molecule has 0 aliphatic heterocycles. The number of hydrogen-bond donors (Lipinski definition) is 1. The fourth-order valence-electron chi connectivity index (χ4n) is 1.49. The van der Waals surface area contributed by atoms with Gasteiger partial charge in [0, 0.05) is 11.0 Å². The molecular weight excluding hydrogens is 324 g/mol. The molecule has 0 atom stereocenters. The van der Waals surface area contributed by atoms with Crippen molar-refractivity contribution in [3.63, 3.8) is 0 Å². The number of nitrogens with one attached hydrogen (secondary N) is 1. The van der Waals surface area contributed by atoms with Gasteiger partial charge in [-0.25, -0.2) is 8.78 Å². The lowest BCUT2D eigenvalue weighted by atomic mass is 10.2. The highest BCUT2D eigenvalue weighted by molar-refractivity contribution is 9.10. The minimum atomic E-state index is -0.870. The minimum Gasteiger partial charge on any atom is -0.379 e. The van der Waals surface area contributed by atoms with Crippen molar-refractivity contribution in [3.8, 4) is 0 Å². The van der Waals surface area contributed by atoms with E-state index in [1.165, 1.54) is 12.1 Å². The van der Waals surface area contributed by atoms with E-state index >= 15 is 0 Å². The van der Waals surface area contributed by atoms with Gasteiger partial charge in [-0.15, -0.1) is 0 Å². The van der Waals surface area contributed by atoms with Crippen LogP contribution in [-0.2, 0) is 6.54 Å². The Hall–Kier alpha value is -1.13. The average molecular weight is 333 g/mol. The van der Waals surface area contributed by atoms with Gasteiger partial charge < -0.3 is 5.32 Å². The summed E-state index contributed by atoms with van der Waals surface area (Å²) in [7, 11) is 0. The third-order valence-corrected chi connectivity index (χ3v) is 3.63. The Morgan fingerprint density at radius 3 is 2.67 bits per heavy atom. The monoisotopic (exact) mass is 331 g/mol. The molecule has 94 valence electrons. The Labute approximate surface area is 117 Å². The molecule has 2 aromatic rings. The third kappa shape index (κ3) is 3.00. The molecule has 5 heteroatoms. The van der Waals surface area contributed by atoms with E-state index in [1.807, 2.05) is 12.1 Å². The van der Waals surface area contributed by atoms with Crippen LogP contribution in [0.2, 0.25) is 5.02 Å². The molecule has 0 saturated carbocycles. The van der Waals surface area contributed by atoms with Crippen LogP contribution < -0.4 is 5.32 Å². The zero-order valence-electron chi connectivity index (χ0n) is 9.18. The molecule has 0 spiro atoms. The summed E-state index contributed by atoms with van der Waals surface area (Å²) in [5.41, 5.74) is 1.05. The number of benzene rings is 2. The van der Waals surface area contributed by atoms with E-state index in [-0.39, 0.29) is 5.69 Å². The maximum atomic E-state index is 13.4. The van der Waals surface area contributed by atoms with Gasteiger partial charge in [0.15, 0.2) is 11.6 Å². The minimum absolute atomic E-state index is 0.140. The van der Waals surface area contributed by atoms with E-state index in [9.17, 15) is 8.78 Å². The number of halogens is 4. The van der Waals surface area contributed by atoms with Crippen molar-refractivity contribution >= 4 is 33.2 Å². The van der Waals surface area contributed by atoms with Crippen molar-refractivity contribution in [1.82, 2.24) is 0 Å². The molecule has 0 unspecified atom stereocenters. The number of rotatable bonds is 3. The van der Waals surface area contributed by atoms with Crippen LogP contribution in [0.4, 0.5) is 14.5 Å². The maximum absolute atomic E-state index is 13.4. The van der Waals surface area contributed by atoms with E-state index in [0.717, 1.165) is 16.1 Å². The summed E-state index contributed by atoms with van der Waals surface area (Å²) in [6.45, 7) is 0.385. The molecule has 0 saturated heterocycles. The Morgan fingerprint density at radius 2 is 1.94 bits per heavy atom. The predicted molar refractivity (Wildman–Crippen MR) is 72.8 cm³/mol. The molecule has 0 aliphatic rings. The van der Waals surface area contributed by atoms with Gasteiger partial charge in [-0.3, -0.25) is 0 Å². The van der Waals surface area contributed by atoms with E-state index in [1.54, 1.807) is 6.07 Å². The summed E-state index contributed by atoms with van der Waals surface area (Å²) in [4.78, 5) is 0. The van der Waals surface area contributed by atoms with Gasteiger partial charge in [0.2, 0.25) is 0 Å². The first kappa shape index (κ1) is 13.3. The number of hydrogen-bond acceptors (Lipinski definition) is 1. The molecule has 0 bridgehead atoms. The molecular formula is C13H9BrClF2N. The fraction of sp³-hybridized carbons (Fsp3) is 0.0769. The quantitative estimate of drug-likeness (QED) is 0.834. The van der Waals surface area contributed by atoms with Gasteiger partial charge in [0.05, 0.1) is 10.7 Å². The second-order valence-corrected chi connectivity index (χ2v) is 4.96. The highest BCUT2D eigenvalue weighted by atomic mass is 79.9. The van der Waals surface area contributed by atoms with Crippen molar-refractivity contribution < 1.29 is 8.78 Å². The van der Waals surface area contributed by atoms with E-state index in [0.29, 0.717) is 11.6 Å². The second-order valence-electron chi connectivity index (χ2n) is 3.70. The van der Waals surface area contributed by atoms with E-state index < -0.39 is 11.6 Å². The lowest BCUT2D eigenvalue weighted by Gasteiger charge is -2.08. The fourth-order valence-corrected chi connectivity index (χ4v) is 2.03. The van der Waals surface area contributed by atoms with Gasteiger partial charge in [-0.2, -0.15) is 0 Å². The molecule has 18 heavy (non-hydrogen) atoms. The van der Waals surface area contributed by atoms with Gasteiger partial charge in [0.25, 0.3) is 0 Å². The van der Waals surface area contributed by atoms with Crippen LogP contribution in [0.25, 0.3) is 0 Å². The Kier molecular flexibility index (Phi) is 4.19. The first-order chi connectivity index (χ1) is 8.58. The summed E-state index contributed by atoms with van der Waals surface area (Å²) in [5, 5.41) is 3.44. The molecule has 2 rings (SSSR count). The summed E-state index contributed by atoms with van der Waals surface area (Å²) in [6, 6.07) is 9.41. The maximum Gasteiger partial charge on any atom is 0.181 e. The average Bonchev–Trinajstić information content (AvgIpc) is 2.35. The van der Waals surface area contributed by atoms with Gasteiger partial charge in [-0.05, 0) is 45.8 Å². The largest absolute Gasteiger partial charge is 0.379 e. The Bertz CT molecular complexity index is 575. The van der Waals surface area contributed by atoms with Gasteiger partial charge in [0.1, 0.15) is 0 Å². The Balaban J connectivity index is 2.11. The zero-order chi connectivity index (χ0) is 13.1. The van der Waals surface area contributed by atoms with Crippen LogP contribution in [0.1, 0.15) is 5.56 Å². The molecule has 0 heterocycles. The first-order valence-corrected chi connectivity index (χ1v) is 6.37. The summed E-state index contributed by atoms with van der Waals surface area (Å²) in [6.07, 6.45) is 0. The smallest absolute Gasteiger partial charge is 0.181 e. The summed E-state index contributed by atoms with van der Waals surface area (Å²) in [5.74, 6) is -1.73. The van der Waals surface area contributed by atoms with Crippen molar-refractivity contribution in [1.29, 1.82) is 0 Å².